The minimum Gasteiger partial charge on any atom is -0.311 e. The van der Waals surface area contributed by atoms with Gasteiger partial charge in [-0.2, -0.15) is 0 Å². The molecular formula is C11H16FNS. The lowest BCUT2D eigenvalue weighted by atomic mass is 10.00. The number of piperidine rings is 1. The highest BCUT2D eigenvalue weighted by Crippen LogP contribution is 2.31. The Morgan fingerprint density at radius 2 is 2.36 bits per heavy atom. The second kappa shape index (κ2) is 4.41. The molecule has 2 unspecified atom stereocenters. The molecule has 1 aromatic rings. The molecule has 1 N–H and O–H groups in total. The largest absolute Gasteiger partial charge is 0.311 e. The molecule has 0 radical (unpaired) electrons. The van der Waals surface area contributed by atoms with E-state index in [2.05, 4.69) is 5.32 Å². The van der Waals surface area contributed by atoms with Gasteiger partial charge in [-0.25, -0.2) is 4.39 Å². The molecule has 2 atom stereocenters. The summed E-state index contributed by atoms with van der Waals surface area (Å²) in [6.45, 7) is 2.99. The SMILES string of the molecule is Cc1ccc(C(F)C2CCCCN2)s1. The third-order valence-corrected chi connectivity index (χ3v) is 3.79. The standard InChI is InChI=1S/C11H16FNS/c1-8-5-6-10(14-8)11(12)9-4-2-3-7-13-9/h5-6,9,11,13H,2-4,7H2,1H3. The highest BCUT2D eigenvalue weighted by molar-refractivity contribution is 7.12. The van der Waals surface area contributed by atoms with E-state index < -0.39 is 6.17 Å². The minimum absolute atomic E-state index is 0.0433. The average Bonchev–Trinajstić information content (AvgIpc) is 2.65. The number of rotatable bonds is 2. The van der Waals surface area contributed by atoms with Gasteiger partial charge in [-0.15, -0.1) is 11.3 Å². The van der Waals surface area contributed by atoms with E-state index in [1.807, 2.05) is 19.1 Å². The average molecular weight is 213 g/mol. The Balaban J connectivity index is 2.03. The van der Waals surface area contributed by atoms with Crippen LogP contribution in [0, 0.1) is 6.92 Å². The van der Waals surface area contributed by atoms with Gasteiger partial charge in [-0.1, -0.05) is 6.42 Å². The van der Waals surface area contributed by atoms with Gasteiger partial charge in [-0.3, -0.25) is 0 Å². The Morgan fingerprint density at radius 3 is 2.93 bits per heavy atom. The van der Waals surface area contributed by atoms with Crippen LogP contribution in [-0.4, -0.2) is 12.6 Å². The smallest absolute Gasteiger partial charge is 0.149 e. The van der Waals surface area contributed by atoms with Crippen molar-refractivity contribution in [3.63, 3.8) is 0 Å². The van der Waals surface area contributed by atoms with Crippen molar-refractivity contribution in [1.29, 1.82) is 0 Å². The number of halogens is 1. The summed E-state index contributed by atoms with van der Waals surface area (Å²) in [6.07, 6.45) is 2.50. The zero-order valence-corrected chi connectivity index (χ0v) is 9.24. The van der Waals surface area contributed by atoms with Gasteiger partial charge in [0.05, 0.1) is 0 Å². The van der Waals surface area contributed by atoms with E-state index in [-0.39, 0.29) is 6.04 Å². The zero-order chi connectivity index (χ0) is 9.97. The molecule has 1 aromatic heterocycles. The summed E-state index contributed by atoms with van der Waals surface area (Å²) in [7, 11) is 0. The maximum absolute atomic E-state index is 14.0. The lowest BCUT2D eigenvalue weighted by Gasteiger charge is -2.25. The molecule has 78 valence electrons. The van der Waals surface area contributed by atoms with Gasteiger partial charge >= 0.3 is 0 Å². The first kappa shape index (κ1) is 10.1. The van der Waals surface area contributed by atoms with Gasteiger partial charge in [0.25, 0.3) is 0 Å². The van der Waals surface area contributed by atoms with Crippen LogP contribution in [0.5, 0.6) is 0 Å². The molecule has 1 nitrogen and oxygen atoms in total. The Kier molecular flexibility index (Phi) is 3.19. The summed E-state index contributed by atoms with van der Waals surface area (Å²) < 4.78 is 14.0. The highest BCUT2D eigenvalue weighted by atomic mass is 32.1. The summed E-state index contributed by atoms with van der Waals surface area (Å²) in [4.78, 5) is 2.07. The van der Waals surface area contributed by atoms with Gasteiger partial charge in [0.1, 0.15) is 6.17 Å². The van der Waals surface area contributed by atoms with E-state index in [1.54, 1.807) is 11.3 Å². The fourth-order valence-corrected chi connectivity index (χ4v) is 2.85. The van der Waals surface area contributed by atoms with E-state index in [0.29, 0.717) is 0 Å². The van der Waals surface area contributed by atoms with Crippen molar-refractivity contribution in [3.05, 3.63) is 21.9 Å². The molecule has 0 amide bonds. The molecule has 14 heavy (non-hydrogen) atoms. The molecule has 2 heterocycles. The molecule has 3 heteroatoms. The molecule has 0 spiro atoms. The summed E-state index contributed by atoms with van der Waals surface area (Å²) in [6, 6.07) is 3.96. The van der Waals surface area contributed by atoms with Crippen LogP contribution in [0.2, 0.25) is 0 Å². The quantitative estimate of drug-likeness (QED) is 0.795. The normalized spacial score (nSPS) is 24.9. The van der Waals surface area contributed by atoms with Gasteiger partial charge in [0.2, 0.25) is 0 Å². The van der Waals surface area contributed by atoms with Crippen LogP contribution < -0.4 is 5.32 Å². The van der Waals surface area contributed by atoms with Crippen molar-refractivity contribution < 1.29 is 4.39 Å². The van der Waals surface area contributed by atoms with Crippen LogP contribution in [-0.2, 0) is 0 Å². The number of hydrogen-bond donors (Lipinski definition) is 1. The first-order valence-corrected chi connectivity index (χ1v) is 6.03. The predicted molar refractivity (Wildman–Crippen MR) is 58.5 cm³/mol. The van der Waals surface area contributed by atoms with Crippen LogP contribution in [0.1, 0.15) is 35.2 Å². The number of thiophene rings is 1. The summed E-state index contributed by atoms with van der Waals surface area (Å²) in [5, 5.41) is 3.26. The lowest BCUT2D eigenvalue weighted by molar-refractivity contribution is 0.225. The topological polar surface area (TPSA) is 12.0 Å². The van der Waals surface area contributed by atoms with Gasteiger partial charge in [0, 0.05) is 15.8 Å². The van der Waals surface area contributed by atoms with Crippen LogP contribution >= 0.6 is 11.3 Å². The first-order valence-electron chi connectivity index (χ1n) is 5.21. The van der Waals surface area contributed by atoms with E-state index in [0.717, 1.165) is 24.3 Å². The molecule has 1 saturated heterocycles. The Morgan fingerprint density at radius 1 is 1.50 bits per heavy atom. The van der Waals surface area contributed by atoms with Crippen LogP contribution in [0.25, 0.3) is 0 Å². The Labute approximate surface area is 88.3 Å². The van der Waals surface area contributed by atoms with E-state index in [9.17, 15) is 4.39 Å². The fraction of sp³-hybridized carbons (Fsp3) is 0.636. The van der Waals surface area contributed by atoms with E-state index in [1.165, 1.54) is 11.3 Å². The molecule has 1 fully saturated rings. The maximum Gasteiger partial charge on any atom is 0.149 e. The molecule has 0 aromatic carbocycles. The van der Waals surface area contributed by atoms with E-state index in [4.69, 9.17) is 0 Å². The first-order chi connectivity index (χ1) is 6.77. The number of hydrogen-bond acceptors (Lipinski definition) is 2. The molecule has 0 aliphatic carbocycles. The Bertz CT molecular complexity index is 291. The maximum atomic E-state index is 14.0. The summed E-state index contributed by atoms with van der Waals surface area (Å²) >= 11 is 1.57. The van der Waals surface area contributed by atoms with Crippen molar-refractivity contribution in [2.45, 2.75) is 38.4 Å². The van der Waals surface area contributed by atoms with Crippen LogP contribution in [0.15, 0.2) is 12.1 Å². The third-order valence-electron chi connectivity index (χ3n) is 2.73. The second-order valence-electron chi connectivity index (χ2n) is 3.91. The van der Waals surface area contributed by atoms with Crippen molar-refractivity contribution in [2.75, 3.05) is 6.54 Å². The van der Waals surface area contributed by atoms with Crippen molar-refractivity contribution in [1.82, 2.24) is 5.32 Å². The number of aryl methyl sites for hydroxylation is 1. The van der Waals surface area contributed by atoms with Gasteiger partial charge < -0.3 is 5.32 Å². The zero-order valence-electron chi connectivity index (χ0n) is 8.42. The molecule has 1 aliphatic rings. The molecule has 1 aliphatic heterocycles. The number of alkyl halides is 1. The second-order valence-corrected chi connectivity index (χ2v) is 5.23. The highest BCUT2D eigenvalue weighted by Gasteiger charge is 2.25. The number of nitrogens with one attached hydrogen (secondary N) is 1. The molecular weight excluding hydrogens is 197 g/mol. The third kappa shape index (κ3) is 2.15. The van der Waals surface area contributed by atoms with Crippen molar-refractivity contribution in [3.8, 4) is 0 Å². The van der Waals surface area contributed by atoms with Crippen molar-refractivity contribution >= 4 is 11.3 Å². The molecule has 2 rings (SSSR count). The lowest BCUT2D eigenvalue weighted by Crippen LogP contribution is -2.37. The van der Waals surface area contributed by atoms with Crippen molar-refractivity contribution in [2.24, 2.45) is 0 Å². The molecule has 0 saturated carbocycles. The summed E-state index contributed by atoms with van der Waals surface area (Å²) in [5.41, 5.74) is 0. The van der Waals surface area contributed by atoms with E-state index >= 15 is 0 Å². The van der Waals surface area contributed by atoms with Crippen LogP contribution in [0.3, 0.4) is 0 Å². The van der Waals surface area contributed by atoms with Gasteiger partial charge in [0.15, 0.2) is 0 Å². The summed E-state index contributed by atoms with van der Waals surface area (Å²) in [5.74, 6) is 0. The minimum atomic E-state index is -0.811. The monoisotopic (exact) mass is 213 g/mol. The Hall–Kier alpha value is -0.410. The fourth-order valence-electron chi connectivity index (χ4n) is 1.93. The van der Waals surface area contributed by atoms with Crippen LogP contribution in [0.4, 0.5) is 4.39 Å². The van der Waals surface area contributed by atoms with Gasteiger partial charge in [-0.05, 0) is 38.4 Å². The predicted octanol–water partition coefficient (Wildman–Crippen LogP) is 3.21. The molecule has 0 bridgehead atoms.